The minimum atomic E-state index is -3.90. The summed E-state index contributed by atoms with van der Waals surface area (Å²) in [5.74, 6) is -4.43. The Bertz CT molecular complexity index is 587. The van der Waals surface area contributed by atoms with Crippen molar-refractivity contribution >= 4 is 34.0 Å². The molecular formula is C13H18O11S. The van der Waals surface area contributed by atoms with Gasteiger partial charge in [-0.2, -0.15) is 8.42 Å². The summed E-state index contributed by atoms with van der Waals surface area (Å²) in [6.45, 7) is 10.4. The molecule has 11 nitrogen and oxygen atoms in total. The zero-order valence-corrected chi connectivity index (χ0v) is 13.8. The Hall–Kier alpha value is -3.25. The Morgan fingerprint density at radius 1 is 0.840 bits per heavy atom. The highest BCUT2D eigenvalue weighted by molar-refractivity contribution is 7.88. The molecule has 0 aromatic heterocycles. The van der Waals surface area contributed by atoms with Gasteiger partial charge < -0.3 is 20.4 Å². The highest BCUT2D eigenvalue weighted by Gasteiger charge is 1.90. The van der Waals surface area contributed by atoms with Crippen molar-refractivity contribution in [1.29, 1.82) is 0 Å². The molecule has 0 atom stereocenters. The van der Waals surface area contributed by atoms with Gasteiger partial charge >= 0.3 is 23.9 Å². The summed E-state index contributed by atoms with van der Waals surface area (Å²) in [6, 6.07) is 0. The van der Waals surface area contributed by atoms with Crippen molar-refractivity contribution in [3.05, 3.63) is 48.9 Å². The van der Waals surface area contributed by atoms with Crippen LogP contribution in [-0.4, -0.2) is 57.3 Å². The normalized spacial score (nSPS) is 8.72. The number of aliphatic carboxylic acids is 4. The molecule has 0 aliphatic rings. The van der Waals surface area contributed by atoms with Crippen molar-refractivity contribution in [3.8, 4) is 0 Å². The van der Waals surface area contributed by atoms with Crippen molar-refractivity contribution in [1.82, 2.24) is 0 Å². The third-order valence-corrected chi connectivity index (χ3v) is 1.54. The highest BCUT2D eigenvalue weighted by atomic mass is 32.2. The molecule has 0 aromatic carbocycles. The Balaban J connectivity index is -0.000000119. The van der Waals surface area contributed by atoms with Gasteiger partial charge in [-0.25, -0.2) is 19.2 Å². The maximum Gasteiger partial charge on any atom is 0.330 e. The van der Waals surface area contributed by atoms with Gasteiger partial charge in [0.05, 0.1) is 5.41 Å². The smallest absolute Gasteiger partial charge is 0.330 e. The van der Waals surface area contributed by atoms with Gasteiger partial charge in [0.15, 0.2) is 0 Å². The molecule has 0 bridgehead atoms. The first-order valence-corrected chi connectivity index (χ1v) is 7.09. The molecule has 142 valence electrons. The van der Waals surface area contributed by atoms with Crippen LogP contribution in [0.4, 0.5) is 0 Å². The van der Waals surface area contributed by atoms with E-state index in [0.29, 0.717) is 17.6 Å². The van der Waals surface area contributed by atoms with E-state index in [1.807, 2.05) is 0 Å². The van der Waals surface area contributed by atoms with Gasteiger partial charge in [0.2, 0.25) is 0 Å². The zero-order chi connectivity index (χ0) is 21.2. The summed E-state index contributed by atoms with van der Waals surface area (Å²) in [7, 11) is -3.90. The lowest BCUT2D eigenvalue weighted by Crippen LogP contribution is -1.92. The first kappa shape index (κ1) is 29.7. The SMILES string of the molecule is C=C(C)C(=O)O.C=CC(=O)O.C=CS(=O)(=O)O.O=C(O)/C=C\C(=O)O. The van der Waals surface area contributed by atoms with Crippen LogP contribution in [0.5, 0.6) is 0 Å². The second kappa shape index (κ2) is 17.1. The standard InChI is InChI=1S/C4H4O4.C4H6O2.C3H4O2.C2H4O3S/c5-3(6)1-2-4(7)8;1-3(2)4(5)6;1-2-3(4)5;1-2-6(3,4)5/h1-2H,(H,5,6)(H,7,8);1H2,2H3,(H,5,6);2H,1H2,(H,4,5);2H,1H2,(H,3,4,5)/b2-1-;;;. The van der Waals surface area contributed by atoms with Crippen LogP contribution in [0.15, 0.2) is 48.9 Å². The molecule has 0 amide bonds. The Kier molecular flexibility index (Phi) is 20.3. The van der Waals surface area contributed by atoms with Gasteiger partial charge in [-0.15, -0.1) is 0 Å². The average Bonchev–Trinajstić information content (AvgIpc) is 2.46. The second-order valence-corrected chi connectivity index (χ2v) is 4.68. The van der Waals surface area contributed by atoms with Crippen LogP contribution in [0.2, 0.25) is 0 Å². The van der Waals surface area contributed by atoms with E-state index >= 15 is 0 Å². The number of hydrogen-bond donors (Lipinski definition) is 5. The lowest BCUT2D eigenvalue weighted by molar-refractivity contribution is -0.134. The number of carboxylic acid groups (broad SMARTS) is 4. The molecule has 0 aliphatic heterocycles. The first-order valence-electron chi connectivity index (χ1n) is 5.58. The van der Waals surface area contributed by atoms with Crippen LogP contribution >= 0.6 is 0 Å². The summed E-state index contributed by atoms with van der Waals surface area (Å²) in [6.07, 6.45) is 1.95. The summed E-state index contributed by atoms with van der Waals surface area (Å²) < 4.78 is 26.6. The third-order valence-electron chi connectivity index (χ3n) is 1.12. The number of rotatable bonds is 5. The predicted molar refractivity (Wildman–Crippen MR) is 86.4 cm³/mol. The van der Waals surface area contributed by atoms with Crippen molar-refractivity contribution < 1.29 is 52.6 Å². The minimum absolute atomic E-state index is 0.176. The van der Waals surface area contributed by atoms with Crippen molar-refractivity contribution in [2.45, 2.75) is 6.92 Å². The summed E-state index contributed by atoms with van der Waals surface area (Å²) in [5.41, 5.74) is 0.176. The van der Waals surface area contributed by atoms with Gasteiger partial charge in [0.1, 0.15) is 0 Å². The molecule has 12 heteroatoms. The maximum absolute atomic E-state index is 9.60. The molecule has 0 saturated heterocycles. The van der Waals surface area contributed by atoms with Crippen LogP contribution < -0.4 is 0 Å². The Labute approximate surface area is 143 Å². The molecule has 0 heterocycles. The van der Waals surface area contributed by atoms with E-state index in [0.717, 1.165) is 6.08 Å². The molecule has 5 N–H and O–H groups in total. The minimum Gasteiger partial charge on any atom is -0.478 e. The van der Waals surface area contributed by atoms with Crippen molar-refractivity contribution in [3.63, 3.8) is 0 Å². The lowest BCUT2D eigenvalue weighted by atomic mass is 10.4. The molecule has 25 heavy (non-hydrogen) atoms. The Morgan fingerprint density at radius 3 is 1.08 bits per heavy atom. The molecular weight excluding hydrogens is 364 g/mol. The monoisotopic (exact) mass is 382 g/mol. The predicted octanol–water partition coefficient (Wildman–Crippen LogP) is 0.634. The van der Waals surface area contributed by atoms with E-state index in [9.17, 15) is 27.6 Å². The molecule has 0 fully saturated rings. The quantitative estimate of drug-likeness (QED) is 0.329. The maximum atomic E-state index is 9.60. The van der Waals surface area contributed by atoms with E-state index in [1.54, 1.807) is 0 Å². The molecule has 0 spiro atoms. The lowest BCUT2D eigenvalue weighted by Gasteiger charge is -1.79. The Morgan fingerprint density at radius 2 is 1.04 bits per heavy atom. The fourth-order valence-corrected chi connectivity index (χ4v) is 0.143. The number of carbonyl (C=O) groups is 4. The van der Waals surface area contributed by atoms with Gasteiger partial charge in [-0.05, 0) is 6.92 Å². The molecule has 0 unspecified atom stereocenters. The number of carboxylic acids is 4. The van der Waals surface area contributed by atoms with Gasteiger partial charge in [-0.3, -0.25) is 4.55 Å². The fraction of sp³-hybridized carbons (Fsp3) is 0.0769. The van der Waals surface area contributed by atoms with Crippen molar-refractivity contribution in [2.75, 3.05) is 0 Å². The van der Waals surface area contributed by atoms with Crippen LogP contribution in [0.3, 0.4) is 0 Å². The molecule has 0 saturated carbocycles. The average molecular weight is 382 g/mol. The van der Waals surface area contributed by atoms with Crippen LogP contribution in [0.25, 0.3) is 0 Å². The van der Waals surface area contributed by atoms with E-state index < -0.39 is 34.0 Å². The molecule has 0 aromatic rings. The van der Waals surface area contributed by atoms with E-state index in [1.165, 1.54) is 6.92 Å². The highest BCUT2D eigenvalue weighted by Crippen LogP contribution is 1.81. The van der Waals surface area contributed by atoms with Crippen LogP contribution in [0, 0.1) is 0 Å². The fourth-order valence-electron chi connectivity index (χ4n) is 0.143. The van der Waals surface area contributed by atoms with Crippen molar-refractivity contribution in [2.24, 2.45) is 0 Å². The summed E-state index contributed by atoms with van der Waals surface area (Å²) in [4.78, 5) is 38.0. The molecule has 0 aliphatic carbocycles. The largest absolute Gasteiger partial charge is 0.478 e. The molecule has 0 rings (SSSR count). The van der Waals surface area contributed by atoms with Gasteiger partial charge in [0, 0.05) is 23.8 Å². The van der Waals surface area contributed by atoms with Crippen LogP contribution in [0.1, 0.15) is 6.92 Å². The zero-order valence-electron chi connectivity index (χ0n) is 13.0. The van der Waals surface area contributed by atoms with E-state index in [4.69, 9.17) is 25.0 Å². The number of hydrogen-bond acceptors (Lipinski definition) is 6. The third kappa shape index (κ3) is 63.1. The van der Waals surface area contributed by atoms with Gasteiger partial charge in [0.25, 0.3) is 10.1 Å². The summed E-state index contributed by atoms with van der Waals surface area (Å²) in [5, 5.41) is 31.6. The summed E-state index contributed by atoms with van der Waals surface area (Å²) >= 11 is 0. The van der Waals surface area contributed by atoms with E-state index in [2.05, 4.69) is 19.7 Å². The molecule has 0 radical (unpaired) electrons. The van der Waals surface area contributed by atoms with Crippen LogP contribution in [-0.2, 0) is 29.3 Å². The topological polar surface area (TPSA) is 204 Å². The second-order valence-electron chi connectivity index (χ2n) is 3.32. The first-order chi connectivity index (χ1) is 11.1. The van der Waals surface area contributed by atoms with E-state index in [-0.39, 0.29) is 5.57 Å². The van der Waals surface area contributed by atoms with Gasteiger partial charge in [-0.1, -0.05) is 19.7 Å².